The molecule has 0 radical (unpaired) electrons. The van der Waals surface area contributed by atoms with E-state index in [0.717, 1.165) is 5.56 Å². The predicted molar refractivity (Wildman–Crippen MR) is 119 cm³/mol. The second kappa shape index (κ2) is 8.77. The molecule has 0 saturated heterocycles. The molecule has 3 aromatic rings. The fourth-order valence-corrected chi connectivity index (χ4v) is 4.15. The number of ether oxygens (including phenoxy) is 1. The van der Waals surface area contributed by atoms with Crippen LogP contribution in [0.5, 0.6) is 5.75 Å². The van der Waals surface area contributed by atoms with Gasteiger partial charge in [0.15, 0.2) is 0 Å². The third-order valence-corrected chi connectivity index (χ3v) is 6.06. The van der Waals surface area contributed by atoms with Crippen molar-refractivity contribution in [2.45, 2.75) is 18.7 Å². The summed E-state index contributed by atoms with van der Waals surface area (Å²) in [6.07, 6.45) is 0. The molecule has 30 heavy (non-hydrogen) atoms. The van der Waals surface area contributed by atoms with Crippen LogP contribution in [-0.2, 0) is 10.0 Å². The topological polar surface area (TPSA) is 84.5 Å². The van der Waals surface area contributed by atoms with Gasteiger partial charge in [-0.1, -0.05) is 29.8 Å². The van der Waals surface area contributed by atoms with Crippen LogP contribution in [-0.4, -0.2) is 21.4 Å². The number of sulfonamides is 1. The lowest BCUT2D eigenvalue weighted by atomic mass is 10.1. The maximum Gasteiger partial charge on any atom is 0.261 e. The highest BCUT2D eigenvalue weighted by Gasteiger charge is 2.19. The van der Waals surface area contributed by atoms with Crippen molar-refractivity contribution in [1.29, 1.82) is 0 Å². The van der Waals surface area contributed by atoms with Gasteiger partial charge in [-0.05, 0) is 67.4 Å². The molecule has 0 fully saturated rings. The van der Waals surface area contributed by atoms with E-state index in [2.05, 4.69) is 10.0 Å². The summed E-state index contributed by atoms with van der Waals surface area (Å²) in [6, 6.07) is 16.3. The molecular weight excluding hydrogens is 424 g/mol. The van der Waals surface area contributed by atoms with Crippen molar-refractivity contribution in [2.24, 2.45) is 0 Å². The van der Waals surface area contributed by atoms with Crippen LogP contribution >= 0.6 is 11.6 Å². The summed E-state index contributed by atoms with van der Waals surface area (Å²) in [6.45, 7) is 3.60. The van der Waals surface area contributed by atoms with Gasteiger partial charge in [0.1, 0.15) is 5.75 Å². The van der Waals surface area contributed by atoms with Gasteiger partial charge in [-0.25, -0.2) is 8.42 Å². The molecule has 8 heteroatoms. The second-order valence-electron chi connectivity index (χ2n) is 6.75. The number of carbonyl (C=O) groups is 1. The number of anilines is 2. The third kappa shape index (κ3) is 4.93. The summed E-state index contributed by atoms with van der Waals surface area (Å²) in [7, 11) is -2.39. The summed E-state index contributed by atoms with van der Waals surface area (Å²) < 4.78 is 33.4. The van der Waals surface area contributed by atoms with Gasteiger partial charge in [-0.3, -0.25) is 9.52 Å². The predicted octanol–water partition coefficient (Wildman–Crippen LogP) is 5.02. The molecule has 1 amide bonds. The highest BCUT2D eigenvalue weighted by atomic mass is 35.5. The number of amides is 1. The van der Waals surface area contributed by atoms with Crippen molar-refractivity contribution < 1.29 is 17.9 Å². The molecule has 0 heterocycles. The Morgan fingerprint density at radius 1 is 1.00 bits per heavy atom. The summed E-state index contributed by atoms with van der Waals surface area (Å²) in [5.41, 5.74) is 2.62. The number of rotatable bonds is 6. The van der Waals surface area contributed by atoms with Gasteiger partial charge in [0.05, 0.1) is 17.7 Å². The van der Waals surface area contributed by atoms with Crippen molar-refractivity contribution in [3.8, 4) is 5.75 Å². The van der Waals surface area contributed by atoms with Crippen molar-refractivity contribution in [2.75, 3.05) is 17.1 Å². The van der Waals surface area contributed by atoms with Crippen LogP contribution in [0.1, 0.15) is 21.5 Å². The van der Waals surface area contributed by atoms with E-state index in [4.69, 9.17) is 16.3 Å². The smallest absolute Gasteiger partial charge is 0.261 e. The average molecular weight is 445 g/mol. The Morgan fingerprint density at radius 2 is 1.77 bits per heavy atom. The Bertz CT molecular complexity index is 1210. The summed E-state index contributed by atoms with van der Waals surface area (Å²) in [5, 5.41) is 3.16. The van der Waals surface area contributed by atoms with Gasteiger partial charge in [0.2, 0.25) is 0 Å². The standard InChI is InChI=1S/C22H21ClN2O4S/c1-14-5-4-6-17(11-14)25-30(27,28)18-9-7-15(2)19(13-18)22(26)24-20-12-16(23)8-10-21(20)29-3/h4-13,25H,1-3H3,(H,24,26). The first-order chi connectivity index (χ1) is 14.2. The molecule has 0 aliphatic heterocycles. The summed E-state index contributed by atoms with van der Waals surface area (Å²) in [4.78, 5) is 12.9. The monoisotopic (exact) mass is 444 g/mol. The molecule has 6 nitrogen and oxygen atoms in total. The fraction of sp³-hybridized carbons (Fsp3) is 0.136. The fourth-order valence-electron chi connectivity index (χ4n) is 2.90. The largest absolute Gasteiger partial charge is 0.495 e. The zero-order valence-corrected chi connectivity index (χ0v) is 18.3. The van der Waals surface area contributed by atoms with E-state index in [0.29, 0.717) is 27.7 Å². The molecule has 0 spiro atoms. The molecule has 0 bridgehead atoms. The van der Waals surface area contributed by atoms with Crippen LogP contribution in [0, 0.1) is 13.8 Å². The summed E-state index contributed by atoms with van der Waals surface area (Å²) >= 11 is 6.01. The van der Waals surface area contributed by atoms with E-state index < -0.39 is 15.9 Å². The van der Waals surface area contributed by atoms with E-state index in [1.807, 2.05) is 13.0 Å². The first-order valence-electron chi connectivity index (χ1n) is 9.04. The van der Waals surface area contributed by atoms with E-state index in [-0.39, 0.29) is 10.5 Å². The number of hydrogen-bond donors (Lipinski definition) is 2. The molecule has 0 unspecified atom stereocenters. The minimum atomic E-state index is -3.87. The quantitative estimate of drug-likeness (QED) is 0.559. The van der Waals surface area contributed by atoms with Gasteiger partial charge >= 0.3 is 0 Å². The van der Waals surface area contributed by atoms with Crippen molar-refractivity contribution >= 4 is 38.9 Å². The highest BCUT2D eigenvalue weighted by molar-refractivity contribution is 7.92. The minimum absolute atomic E-state index is 0.0159. The Morgan fingerprint density at radius 3 is 2.47 bits per heavy atom. The number of methoxy groups -OCH3 is 1. The second-order valence-corrected chi connectivity index (χ2v) is 8.87. The maximum atomic E-state index is 12.9. The Kier molecular flexibility index (Phi) is 6.34. The maximum absolute atomic E-state index is 12.9. The van der Waals surface area contributed by atoms with E-state index in [9.17, 15) is 13.2 Å². The number of nitrogens with one attached hydrogen (secondary N) is 2. The Balaban J connectivity index is 1.91. The number of benzene rings is 3. The molecule has 0 aliphatic carbocycles. The first kappa shape index (κ1) is 21.7. The molecule has 0 aliphatic rings. The Hall–Kier alpha value is -3.03. The van der Waals surface area contributed by atoms with E-state index in [1.165, 1.54) is 19.2 Å². The molecular formula is C22H21ClN2O4S. The summed E-state index contributed by atoms with van der Waals surface area (Å²) in [5.74, 6) is -0.0315. The van der Waals surface area contributed by atoms with Crippen LogP contribution < -0.4 is 14.8 Å². The lowest BCUT2D eigenvalue weighted by Crippen LogP contribution is -2.17. The Labute approximate surface area is 180 Å². The number of hydrogen-bond acceptors (Lipinski definition) is 4. The zero-order valence-electron chi connectivity index (χ0n) is 16.7. The SMILES string of the molecule is COc1ccc(Cl)cc1NC(=O)c1cc(S(=O)(=O)Nc2cccc(C)c2)ccc1C. The molecule has 3 aromatic carbocycles. The molecule has 0 saturated carbocycles. The molecule has 0 aromatic heterocycles. The lowest BCUT2D eigenvalue weighted by Gasteiger charge is -2.14. The normalized spacial score (nSPS) is 11.1. The van der Waals surface area contributed by atoms with Crippen LogP contribution in [0.15, 0.2) is 65.6 Å². The number of halogens is 1. The lowest BCUT2D eigenvalue weighted by molar-refractivity contribution is 0.102. The van der Waals surface area contributed by atoms with Crippen LogP contribution in [0.4, 0.5) is 11.4 Å². The van der Waals surface area contributed by atoms with Gasteiger partial charge in [0, 0.05) is 16.3 Å². The number of carbonyl (C=O) groups excluding carboxylic acids is 1. The first-order valence-corrected chi connectivity index (χ1v) is 10.9. The van der Waals surface area contributed by atoms with Gasteiger partial charge < -0.3 is 10.1 Å². The van der Waals surface area contributed by atoms with Gasteiger partial charge in [-0.2, -0.15) is 0 Å². The van der Waals surface area contributed by atoms with Crippen LogP contribution in [0.2, 0.25) is 5.02 Å². The molecule has 156 valence electrons. The molecule has 3 rings (SSSR count). The van der Waals surface area contributed by atoms with Crippen LogP contribution in [0.25, 0.3) is 0 Å². The van der Waals surface area contributed by atoms with Crippen molar-refractivity contribution in [1.82, 2.24) is 0 Å². The average Bonchev–Trinajstić information content (AvgIpc) is 2.68. The van der Waals surface area contributed by atoms with Crippen molar-refractivity contribution in [3.63, 3.8) is 0 Å². The van der Waals surface area contributed by atoms with E-state index in [1.54, 1.807) is 49.4 Å². The van der Waals surface area contributed by atoms with Gasteiger partial charge in [0.25, 0.3) is 15.9 Å². The molecule has 0 atom stereocenters. The third-order valence-electron chi connectivity index (χ3n) is 4.44. The van der Waals surface area contributed by atoms with Gasteiger partial charge in [-0.15, -0.1) is 0 Å². The van der Waals surface area contributed by atoms with Crippen molar-refractivity contribution in [3.05, 3.63) is 82.4 Å². The highest BCUT2D eigenvalue weighted by Crippen LogP contribution is 2.29. The van der Waals surface area contributed by atoms with Crippen LogP contribution in [0.3, 0.4) is 0 Å². The molecule has 2 N–H and O–H groups in total. The minimum Gasteiger partial charge on any atom is -0.495 e. The van der Waals surface area contributed by atoms with E-state index >= 15 is 0 Å². The number of aryl methyl sites for hydroxylation is 2. The zero-order chi connectivity index (χ0) is 21.9.